The highest BCUT2D eigenvalue weighted by atomic mass is 16.5. The fraction of sp³-hybridized carbons (Fsp3) is 0.630. The van der Waals surface area contributed by atoms with E-state index >= 15 is 0 Å². The number of esters is 2. The molecule has 31 heavy (non-hydrogen) atoms. The van der Waals surface area contributed by atoms with Crippen LogP contribution in [0.3, 0.4) is 0 Å². The van der Waals surface area contributed by atoms with Crippen molar-refractivity contribution in [3.8, 4) is 0 Å². The van der Waals surface area contributed by atoms with Crippen LogP contribution in [0.25, 0.3) is 0 Å². The van der Waals surface area contributed by atoms with Crippen LogP contribution >= 0.6 is 0 Å². The Bertz CT molecular complexity index is 692. The van der Waals surface area contributed by atoms with Crippen LogP contribution in [0, 0.1) is 5.92 Å². The molecule has 0 radical (unpaired) electrons. The van der Waals surface area contributed by atoms with Crippen molar-refractivity contribution < 1.29 is 19.1 Å². The van der Waals surface area contributed by atoms with Crippen LogP contribution in [0.5, 0.6) is 0 Å². The van der Waals surface area contributed by atoms with Crippen molar-refractivity contribution in [2.24, 2.45) is 5.92 Å². The van der Waals surface area contributed by atoms with Gasteiger partial charge in [-0.25, -0.2) is 0 Å². The minimum absolute atomic E-state index is 0.131. The largest absolute Gasteiger partial charge is 0.469 e. The third kappa shape index (κ3) is 8.88. The van der Waals surface area contributed by atoms with Gasteiger partial charge in [-0.2, -0.15) is 0 Å². The first-order valence-corrected chi connectivity index (χ1v) is 12.0. The summed E-state index contributed by atoms with van der Waals surface area (Å²) in [4.78, 5) is 22.7. The monoisotopic (exact) mass is 428 g/mol. The molecule has 0 aromatic heterocycles. The molecule has 0 spiro atoms. The summed E-state index contributed by atoms with van der Waals surface area (Å²) >= 11 is 0. The summed E-state index contributed by atoms with van der Waals surface area (Å²) < 4.78 is 10.3. The molecular formula is C27H40O4. The molecule has 0 unspecified atom stereocenters. The van der Waals surface area contributed by atoms with E-state index in [2.05, 4.69) is 48.1 Å². The summed E-state index contributed by atoms with van der Waals surface area (Å²) in [6.45, 7) is 3.68. The molecule has 0 N–H and O–H groups in total. The number of carbonyl (C=O) groups excluding carboxylic acids is 2. The highest BCUT2D eigenvalue weighted by Gasteiger charge is 2.27. The SMILES string of the molecule is CCCCC[C@@H](OC(C)=O)c1ccc([C@H]2CCC[C@@H]2C/C=C\CCCC(=O)OC)cc1. The molecule has 4 heteroatoms. The molecule has 0 amide bonds. The van der Waals surface area contributed by atoms with E-state index in [0.717, 1.165) is 50.5 Å². The smallest absolute Gasteiger partial charge is 0.305 e. The molecule has 4 nitrogen and oxygen atoms in total. The number of carbonyl (C=O) groups is 2. The molecule has 2 rings (SSSR count). The van der Waals surface area contributed by atoms with Crippen LogP contribution < -0.4 is 0 Å². The Morgan fingerprint density at radius 3 is 2.55 bits per heavy atom. The van der Waals surface area contributed by atoms with E-state index in [4.69, 9.17) is 4.74 Å². The van der Waals surface area contributed by atoms with Gasteiger partial charge in [0, 0.05) is 13.3 Å². The standard InChI is InChI=1S/C27H40O4/c1-4-5-8-15-26(31-21(2)28)24-19-17-23(18-20-24)25-14-11-13-22(25)12-9-6-7-10-16-27(29)30-3/h6,9,17-20,22,25-26H,4-5,7-8,10-16H2,1-3H3/b9-6-/t22-,25-,26+/m0/s1. The number of hydrogen-bond donors (Lipinski definition) is 0. The summed E-state index contributed by atoms with van der Waals surface area (Å²) in [6.07, 6.45) is 15.8. The molecule has 0 bridgehead atoms. The maximum Gasteiger partial charge on any atom is 0.305 e. The van der Waals surface area contributed by atoms with E-state index in [9.17, 15) is 9.59 Å². The van der Waals surface area contributed by atoms with Crippen molar-refractivity contribution in [1.29, 1.82) is 0 Å². The van der Waals surface area contributed by atoms with E-state index in [1.807, 2.05) is 0 Å². The van der Waals surface area contributed by atoms with Crippen LogP contribution in [-0.4, -0.2) is 19.0 Å². The number of hydrogen-bond acceptors (Lipinski definition) is 4. The molecule has 0 saturated heterocycles. The number of benzene rings is 1. The third-order valence-electron chi connectivity index (χ3n) is 6.36. The van der Waals surface area contributed by atoms with Gasteiger partial charge in [-0.05, 0) is 67.9 Å². The van der Waals surface area contributed by atoms with Crippen LogP contribution in [0.15, 0.2) is 36.4 Å². The number of rotatable bonds is 13. The average Bonchev–Trinajstić information content (AvgIpc) is 3.23. The van der Waals surface area contributed by atoms with Crippen molar-refractivity contribution in [2.75, 3.05) is 7.11 Å². The summed E-state index contributed by atoms with van der Waals surface area (Å²) in [5.74, 6) is 0.936. The van der Waals surface area contributed by atoms with Gasteiger partial charge in [0.1, 0.15) is 6.10 Å². The van der Waals surface area contributed by atoms with Gasteiger partial charge in [0.15, 0.2) is 0 Å². The van der Waals surface area contributed by atoms with Gasteiger partial charge < -0.3 is 9.47 Å². The highest BCUT2D eigenvalue weighted by Crippen LogP contribution is 2.42. The van der Waals surface area contributed by atoms with Gasteiger partial charge in [-0.1, -0.05) is 62.6 Å². The lowest BCUT2D eigenvalue weighted by Crippen LogP contribution is -2.10. The molecule has 0 heterocycles. The normalized spacial score (nSPS) is 19.5. The van der Waals surface area contributed by atoms with E-state index in [1.165, 1.54) is 38.9 Å². The maximum absolute atomic E-state index is 11.5. The predicted octanol–water partition coefficient (Wildman–Crippen LogP) is 7.04. The van der Waals surface area contributed by atoms with E-state index in [-0.39, 0.29) is 18.0 Å². The zero-order chi connectivity index (χ0) is 22.5. The van der Waals surface area contributed by atoms with E-state index in [1.54, 1.807) is 0 Å². The topological polar surface area (TPSA) is 52.6 Å². The lowest BCUT2D eigenvalue weighted by atomic mass is 9.86. The second-order valence-electron chi connectivity index (χ2n) is 8.73. The van der Waals surface area contributed by atoms with Crippen molar-refractivity contribution in [2.45, 2.75) is 96.5 Å². The lowest BCUT2D eigenvalue weighted by Gasteiger charge is -2.21. The molecule has 1 saturated carbocycles. The number of ether oxygens (including phenoxy) is 2. The Kier molecular flexibility index (Phi) is 11.4. The molecule has 1 aliphatic rings. The van der Waals surface area contributed by atoms with Gasteiger partial charge in [-0.3, -0.25) is 9.59 Å². The van der Waals surface area contributed by atoms with Gasteiger partial charge in [0.05, 0.1) is 7.11 Å². The summed E-state index contributed by atoms with van der Waals surface area (Å²) in [7, 11) is 1.44. The molecule has 0 aliphatic heterocycles. The van der Waals surface area contributed by atoms with Gasteiger partial charge >= 0.3 is 11.9 Å². The number of methoxy groups -OCH3 is 1. The second kappa shape index (κ2) is 14.1. The minimum atomic E-state index is -0.209. The Morgan fingerprint density at radius 2 is 1.87 bits per heavy atom. The van der Waals surface area contributed by atoms with Gasteiger partial charge in [0.2, 0.25) is 0 Å². The number of allylic oxidation sites excluding steroid dienone is 2. The average molecular weight is 429 g/mol. The van der Waals surface area contributed by atoms with E-state index in [0.29, 0.717) is 18.3 Å². The molecule has 1 aromatic carbocycles. The second-order valence-corrected chi connectivity index (χ2v) is 8.73. The molecule has 172 valence electrons. The van der Waals surface area contributed by atoms with Crippen LogP contribution in [0.2, 0.25) is 0 Å². The predicted molar refractivity (Wildman–Crippen MR) is 125 cm³/mol. The third-order valence-corrected chi connectivity index (χ3v) is 6.36. The van der Waals surface area contributed by atoms with Gasteiger partial charge in [-0.15, -0.1) is 0 Å². The van der Waals surface area contributed by atoms with Crippen LogP contribution in [0.4, 0.5) is 0 Å². The fourth-order valence-corrected chi connectivity index (χ4v) is 4.64. The molecule has 1 fully saturated rings. The summed E-state index contributed by atoms with van der Waals surface area (Å²) in [5, 5.41) is 0. The van der Waals surface area contributed by atoms with Crippen molar-refractivity contribution in [1.82, 2.24) is 0 Å². The summed E-state index contributed by atoms with van der Waals surface area (Å²) in [5.41, 5.74) is 2.51. The van der Waals surface area contributed by atoms with Crippen LogP contribution in [-0.2, 0) is 19.1 Å². The molecule has 3 atom stereocenters. The minimum Gasteiger partial charge on any atom is -0.469 e. The summed E-state index contributed by atoms with van der Waals surface area (Å²) in [6, 6.07) is 8.81. The molecule has 1 aliphatic carbocycles. The lowest BCUT2D eigenvalue weighted by molar-refractivity contribution is -0.147. The Hall–Kier alpha value is -2.10. The first-order chi connectivity index (χ1) is 15.0. The Balaban J connectivity index is 1.90. The Morgan fingerprint density at radius 1 is 1.10 bits per heavy atom. The Labute approximate surface area is 188 Å². The highest BCUT2D eigenvalue weighted by molar-refractivity contribution is 5.69. The van der Waals surface area contributed by atoms with Crippen molar-refractivity contribution in [3.63, 3.8) is 0 Å². The molecular weight excluding hydrogens is 388 g/mol. The molecule has 1 aromatic rings. The first-order valence-electron chi connectivity index (χ1n) is 12.0. The van der Waals surface area contributed by atoms with Crippen molar-refractivity contribution >= 4 is 11.9 Å². The fourth-order valence-electron chi connectivity index (χ4n) is 4.64. The first kappa shape index (κ1) is 25.2. The van der Waals surface area contributed by atoms with Crippen LogP contribution in [0.1, 0.15) is 108 Å². The van der Waals surface area contributed by atoms with Crippen molar-refractivity contribution in [3.05, 3.63) is 47.5 Å². The zero-order valence-corrected chi connectivity index (χ0v) is 19.6. The maximum atomic E-state index is 11.5. The number of unbranched alkanes of at least 4 members (excludes halogenated alkanes) is 3. The van der Waals surface area contributed by atoms with E-state index < -0.39 is 0 Å². The quantitative estimate of drug-likeness (QED) is 0.192. The zero-order valence-electron chi connectivity index (χ0n) is 19.6. The van der Waals surface area contributed by atoms with Gasteiger partial charge in [0.25, 0.3) is 0 Å².